The van der Waals surface area contributed by atoms with E-state index in [1.165, 1.54) is 17.3 Å². The molecule has 0 aliphatic carbocycles. The molecule has 0 fully saturated rings. The van der Waals surface area contributed by atoms with Gasteiger partial charge in [0.05, 0.1) is 12.9 Å². The fourth-order valence-corrected chi connectivity index (χ4v) is 4.82. The Kier molecular flexibility index (Phi) is 8.03. The second-order valence-electron chi connectivity index (χ2n) is 10.2. The van der Waals surface area contributed by atoms with Crippen molar-refractivity contribution in [2.45, 2.75) is 51.1 Å². The maximum absolute atomic E-state index is 12.9. The predicted octanol–water partition coefficient (Wildman–Crippen LogP) is 7.09. The average molecular weight is 515 g/mol. The Hall–Kier alpha value is -3.58. The standard InChI is InChI=1S/C30H34N4O2S/c1-20(2)25-9-7-8-10-26(25)31-27(35)19-37-29-33-32-28(21-11-13-22(14-12-21)30(3,4)5)34(29)23-15-17-24(36-6)18-16-23/h7-18,20H,19H2,1-6H3,(H,31,35). The number of anilines is 1. The van der Waals surface area contributed by atoms with E-state index >= 15 is 0 Å². The van der Waals surface area contributed by atoms with Gasteiger partial charge in [0, 0.05) is 16.9 Å². The molecule has 1 heterocycles. The second-order valence-corrected chi connectivity index (χ2v) is 11.2. The van der Waals surface area contributed by atoms with Crippen molar-refractivity contribution >= 4 is 23.4 Å². The minimum Gasteiger partial charge on any atom is -0.497 e. The maximum atomic E-state index is 12.9. The summed E-state index contributed by atoms with van der Waals surface area (Å²) in [5.74, 6) is 1.93. The number of hydrogen-bond donors (Lipinski definition) is 1. The Labute approximate surface area is 223 Å². The fraction of sp³-hybridized carbons (Fsp3) is 0.300. The number of hydrogen-bond acceptors (Lipinski definition) is 5. The van der Waals surface area contributed by atoms with E-state index in [0.29, 0.717) is 11.1 Å². The van der Waals surface area contributed by atoms with Crippen LogP contribution in [0.25, 0.3) is 17.1 Å². The molecule has 37 heavy (non-hydrogen) atoms. The monoisotopic (exact) mass is 514 g/mol. The third kappa shape index (κ3) is 6.23. The van der Waals surface area contributed by atoms with E-state index in [1.54, 1.807) is 7.11 Å². The largest absolute Gasteiger partial charge is 0.497 e. The first-order valence-corrected chi connectivity index (χ1v) is 13.4. The van der Waals surface area contributed by atoms with Crippen molar-refractivity contribution in [3.8, 4) is 22.8 Å². The topological polar surface area (TPSA) is 69.0 Å². The van der Waals surface area contributed by atoms with Crippen molar-refractivity contribution in [3.63, 3.8) is 0 Å². The van der Waals surface area contributed by atoms with Crippen molar-refractivity contribution in [1.82, 2.24) is 14.8 Å². The molecule has 3 aromatic carbocycles. The Morgan fingerprint density at radius 3 is 2.27 bits per heavy atom. The van der Waals surface area contributed by atoms with Gasteiger partial charge in [-0.05, 0) is 52.8 Å². The van der Waals surface area contributed by atoms with Gasteiger partial charge in [0.15, 0.2) is 11.0 Å². The Bertz CT molecular complexity index is 1350. The average Bonchev–Trinajstić information content (AvgIpc) is 3.31. The molecule has 4 aromatic rings. The molecular weight excluding hydrogens is 480 g/mol. The summed E-state index contributed by atoms with van der Waals surface area (Å²) in [7, 11) is 1.65. The molecule has 0 spiro atoms. The van der Waals surface area contributed by atoms with Crippen molar-refractivity contribution in [2.75, 3.05) is 18.2 Å². The Balaban J connectivity index is 1.62. The minimum atomic E-state index is -0.0848. The molecule has 0 aliphatic heterocycles. The van der Waals surface area contributed by atoms with Crippen LogP contribution in [0, 0.1) is 0 Å². The van der Waals surface area contributed by atoms with Crippen LogP contribution < -0.4 is 10.1 Å². The van der Waals surface area contributed by atoms with E-state index in [-0.39, 0.29) is 17.1 Å². The fourth-order valence-electron chi connectivity index (χ4n) is 4.06. The molecule has 1 amide bonds. The maximum Gasteiger partial charge on any atom is 0.234 e. The van der Waals surface area contributed by atoms with Crippen molar-refractivity contribution in [1.29, 1.82) is 0 Å². The molecule has 0 saturated heterocycles. The summed E-state index contributed by atoms with van der Waals surface area (Å²) in [6.07, 6.45) is 0. The van der Waals surface area contributed by atoms with E-state index in [2.05, 4.69) is 74.4 Å². The van der Waals surface area contributed by atoms with E-state index in [1.807, 2.05) is 53.1 Å². The van der Waals surface area contributed by atoms with Crippen LogP contribution in [0.1, 0.15) is 51.7 Å². The zero-order valence-corrected chi connectivity index (χ0v) is 23.1. The molecule has 0 radical (unpaired) electrons. The summed E-state index contributed by atoms with van der Waals surface area (Å²) in [6.45, 7) is 10.8. The molecule has 7 heteroatoms. The van der Waals surface area contributed by atoms with Gasteiger partial charge < -0.3 is 10.1 Å². The molecule has 6 nitrogen and oxygen atoms in total. The number of amides is 1. The van der Waals surface area contributed by atoms with Gasteiger partial charge in [0.25, 0.3) is 0 Å². The van der Waals surface area contributed by atoms with Crippen LogP contribution in [0.4, 0.5) is 5.69 Å². The number of aromatic nitrogens is 3. The highest BCUT2D eigenvalue weighted by Crippen LogP contribution is 2.31. The smallest absolute Gasteiger partial charge is 0.234 e. The van der Waals surface area contributed by atoms with E-state index < -0.39 is 0 Å². The summed E-state index contributed by atoms with van der Waals surface area (Å²) in [5.41, 5.74) is 5.12. The van der Waals surface area contributed by atoms with E-state index in [9.17, 15) is 4.79 Å². The number of carbonyl (C=O) groups is 1. The second kappa shape index (κ2) is 11.2. The van der Waals surface area contributed by atoms with Crippen LogP contribution in [0.3, 0.4) is 0 Å². The van der Waals surface area contributed by atoms with Crippen molar-refractivity contribution < 1.29 is 9.53 Å². The molecule has 1 aromatic heterocycles. The lowest BCUT2D eigenvalue weighted by atomic mass is 9.87. The van der Waals surface area contributed by atoms with Gasteiger partial charge in [-0.1, -0.05) is 88.8 Å². The van der Waals surface area contributed by atoms with Gasteiger partial charge >= 0.3 is 0 Å². The highest BCUT2D eigenvalue weighted by atomic mass is 32.2. The Morgan fingerprint density at radius 1 is 0.973 bits per heavy atom. The SMILES string of the molecule is COc1ccc(-n2c(SCC(=O)Nc3ccccc3C(C)C)nnc2-c2ccc(C(C)(C)C)cc2)cc1. The van der Waals surface area contributed by atoms with Gasteiger partial charge in [0.1, 0.15) is 5.75 Å². The van der Waals surface area contributed by atoms with Crippen LogP contribution in [0.2, 0.25) is 0 Å². The van der Waals surface area contributed by atoms with Gasteiger partial charge in [-0.25, -0.2) is 0 Å². The van der Waals surface area contributed by atoms with E-state index in [4.69, 9.17) is 4.74 Å². The van der Waals surface area contributed by atoms with Crippen LogP contribution in [0.15, 0.2) is 78.0 Å². The minimum absolute atomic E-state index is 0.0603. The summed E-state index contributed by atoms with van der Waals surface area (Å²) in [6, 6.07) is 24.1. The molecule has 0 atom stereocenters. The molecule has 0 unspecified atom stereocenters. The first kappa shape index (κ1) is 26.5. The van der Waals surface area contributed by atoms with Crippen LogP contribution in [-0.4, -0.2) is 33.5 Å². The summed E-state index contributed by atoms with van der Waals surface area (Å²) < 4.78 is 7.33. The van der Waals surface area contributed by atoms with Gasteiger partial charge in [-0.3, -0.25) is 9.36 Å². The molecule has 0 aliphatic rings. The number of para-hydroxylation sites is 1. The molecule has 0 bridgehead atoms. The highest BCUT2D eigenvalue weighted by Gasteiger charge is 2.19. The first-order valence-electron chi connectivity index (χ1n) is 12.4. The molecule has 0 saturated carbocycles. The van der Waals surface area contributed by atoms with Crippen LogP contribution in [-0.2, 0) is 10.2 Å². The normalized spacial score (nSPS) is 11.5. The number of ether oxygens (including phenoxy) is 1. The van der Waals surface area contributed by atoms with E-state index in [0.717, 1.165) is 34.1 Å². The molecular formula is C30H34N4O2S. The van der Waals surface area contributed by atoms with Gasteiger partial charge in [-0.2, -0.15) is 0 Å². The first-order chi connectivity index (χ1) is 17.7. The Morgan fingerprint density at radius 2 is 1.65 bits per heavy atom. The van der Waals surface area contributed by atoms with Crippen LogP contribution >= 0.6 is 11.8 Å². The number of rotatable bonds is 8. The van der Waals surface area contributed by atoms with Crippen molar-refractivity contribution in [3.05, 3.63) is 83.9 Å². The number of methoxy groups -OCH3 is 1. The lowest BCUT2D eigenvalue weighted by Gasteiger charge is -2.19. The number of benzene rings is 3. The number of carbonyl (C=O) groups excluding carboxylic acids is 1. The predicted molar refractivity (Wildman–Crippen MR) is 152 cm³/mol. The number of thioether (sulfide) groups is 1. The lowest BCUT2D eigenvalue weighted by molar-refractivity contribution is -0.113. The quantitative estimate of drug-likeness (QED) is 0.254. The zero-order valence-electron chi connectivity index (χ0n) is 22.3. The van der Waals surface area contributed by atoms with Gasteiger partial charge in [-0.15, -0.1) is 10.2 Å². The lowest BCUT2D eigenvalue weighted by Crippen LogP contribution is -2.16. The molecule has 1 N–H and O–H groups in total. The third-order valence-corrected chi connectivity index (χ3v) is 7.09. The summed E-state index contributed by atoms with van der Waals surface area (Å²) in [5, 5.41) is 12.7. The zero-order chi connectivity index (χ0) is 26.6. The molecule has 4 rings (SSSR count). The van der Waals surface area contributed by atoms with Crippen molar-refractivity contribution in [2.24, 2.45) is 0 Å². The highest BCUT2D eigenvalue weighted by molar-refractivity contribution is 7.99. The molecule has 192 valence electrons. The van der Waals surface area contributed by atoms with Gasteiger partial charge in [0.2, 0.25) is 5.91 Å². The number of nitrogens with one attached hydrogen (secondary N) is 1. The van der Waals surface area contributed by atoms with Crippen LogP contribution in [0.5, 0.6) is 5.75 Å². The number of nitrogens with zero attached hydrogens (tertiary/aromatic N) is 3. The summed E-state index contributed by atoms with van der Waals surface area (Å²) >= 11 is 1.36. The third-order valence-electron chi connectivity index (χ3n) is 6.16. The summed E-state index contributed by atoms with van der Waals surface area (Å²) in [4.78, 5) is 12.9.